The SMILES string of the molecule is CCCCC(C=O)(CC)CCc1ccc(NO)cc1Cc1ccccc1. The highest BCUT2D eigenvalue weighted by molar-refractivity contribution is 5.59. The number of anilines is 1. The number of aryl methyl sites for hydroxylation is 1. The van der Waals surface area contributed by atoms with Gasteiger partial charge in [0, 0.05) is 5.41 Å². The number of unbranched alkanes of at least 4 members (excludes halogenated alkanes) is 1. The van der Waals surface area contributed by atoms with E-state index in [-0.39, 0.29) is 5.41 Å². The second kappa shape index (κ2) is 10.1. The molecule has 0 aliphatic rings. The van der Waals surface area contributed by atoms with Gasteiger partial charge >= 0.3 is 0 Å². The third-order valence-electron chi connectivity index (χ3n) is 5.45. The van der Waals surface area contributed by atoms with E-state index in [4.69, 9.17) is 0 Å². The topological polar surface area (TPSA) is 49.3 Å². The third-order valence-corrected chi connectivity index (χ3v) is 5.45. The Balaban J connectivity index is 2.20. The summed E-state index contributed by atoms with van der Waals surface area (Å²) in [6.07, 6.45) is 7.83. The number of hydrogen-bond acceptors (Lipinski definition) is 3. The number of carbonyl (C=O) groups is 1. The van der Waals surface area contributed by atoms with Gasteiger partial charge in [0.1, 0.15) is 6.29 Å². The summed E-state index contributed by atoms with van der Waals surface area (Å²) in [5.41, 5.74) is 6.42. The zero-order valence-electron chi connectivity index (χ0n) is 16.0. The van der Waals surface area contributed by atoms with Crippen molar-refractivity contribution >= 4 is 12.0 Å². The molecule has 2 N–H and O–H groups in total. The second-order valence-corrected chi connectivity index (χ2v) is 7.19. The number of hydrogen-bond donors (Lipinski definition) is 2. The molecule has 0 fully saturated rings. The quantitative estimate of drug-likeness (QED) is 0.397. The van der Waals surface area contributed by atoms with E-state index < -0.39 is 0 Å². The van der Waals surface area contributed by atoms with Crippen molar-refractivity contribution < 1.29 is 10.0 Å². The van der Waals surface area contributed by atoms with Crippen molar-refractivity contribution in [3.63, 3.8) is 0 Å². The van der Waals surface area contributed by atoms with Crippen LogP contribution >= 0.6 is 0 Å². The normalized spacial score (nSPS) is 13.2. The van der Waals surface area contributed by atoms with Gasteiger partial charge in [0.15, 0.2) is 0 Å². The molecule has 0 radical (unpaired) electrons. The summed E-state index contributed by atoms with van der Waals surface area (Å²) in [7, 11) is 0. The molecule has 0 saturated heterocycles. The summed E-state index contributed by atoms with van der Waals surface area (Å²) in [5, 5.41) is 9.26. The maximum atomic E-state index is 11.8. The molecular weight excluding hydrogens is 322 g/mol. The third kappa shape index (κ3) is 5.43. The van der Waals surface area contributed by atoms with Crippen molar-refractivity contribution in [2.75, 3.05) is 5.48 Å². The van der Waals surface area contributed by atoms with Gasteiger partial charge in [-0.1, -0.05) is 63.1 Å². The molecule has 3 heteroatoms. The van der Waals surface area contributed by atoms with Crippen molar-refractivity contribution in [3.8, 4) is 0 Å². The van der Waals surface area contributed by atoms with Crippen LogP contribution in [0.2, 0.25) is 0 Å². The Morgan fingerprint density at radius 3 is 2.42 bits per heavy atom. The predicted octanol–water partition coefficient (Wildman–Crippen LogP) is 5.80. The molecule has 0 aliphatic carbocycles. The monoisotopic (exact) mass is 353 g/mol. The number of benzene rings is 2. The number of carbonyl (C=O) groups excluding carboxylic acids is 1. The average Bonchev–Trinajstić information content (AvgIpc) is 2.70. The molecule has 2 aromatic rings. The van der Waals surface area contributed by atoms with Gasteiger partial charge in [0.05, 0.1) is 5.69 Å². The van der Waals surface area contributed by atoms with E-state index in [1.165, 1.54) is 23.0 Å². The minimum Gasteiger partial charge on any atom is -0.303 e. The Bertz CT molecular complexity index is 684. The summed E-state index contributed by atoms with van der Waals surface area (Å²) in [5.74, 6) is 0. The zero-order valence-corrected chi connectivity index (χ0v) is 16.0. The van der Waals surface area contributed by atoms with E-state index in [0.717, 1.165) is 44.9 Å². The molecule has 0 spiro atoms. The lowest BCUT2D eigenvalue weighted by Gasteiger charge is -2.27. The summed E-state index contributed by atoms with van der Waals surface area (Å²) in [6, 6.07) is 16.3. The molecule has 26 heavy (non-hydrogen) atoms. The smallest absolute Gasteiger partial charge is 0.126 e. The van der Waals surface area contributed by atoms with Gasteiger partial charge in [-0.15, -0.1) is 0 Å². The molecule has 3 nitrogen and oxygen atoms in total. The van der Waals surface area contributed by atoms with Crippen LogP contribution in [0.15, 0.2) is 48.5 Å². The Morgan fingerprint density at radius 1 is 1.04 bits per heavy atom. The van der Waals surface area contributed by atoms with Gasteiger partial charge in [-0.25, -0.2) is 0 Å². The second-order valence-electron chi connectivity index (χ2n) is 7.19. The van der Waals surface area contributed by atoms with E-state index in [2.05, 4.69) is 37.5 Å². The molecule has 1 unspecified atom stereocenters. The Labute approximate surface area is 157 Å². The van der Waals surface area contributed by atoms with Gasteiger partial charge in [-0.2, -0.15) is 0 Å². The van der Waals surface area contributed by atoms with Crippen LogP contribution in [0.1, 0.15) is 62.6 Å². The first kappa shape index (κ1) is 20.2. The van der Waals surface area contributed by atoms with E-state index >= 15 is 0 Å². The summed E-state index contributed by atoms with van der Waals surface area (Å²) in [4.78, 5) is 11.8. The van der Waals surface area contributed by atoms with Crippen LogP contribution < -0.4 is 5.48 Å². The maximum absolute atomic E-state index is 11.8. The van der Waals surface area contributed by atoms with Crippen LogP contribution in [-0.4, -0.2) is 11.5 Å². The van der Waals surface area contributed by atoms with Gasteiger partial charge in [0.2, 0.25) is 0 Å². The van der Waals surface area contributed by atoms with Gasteiger partial charge in [0.25, 0.3) is 0 Å². The fraction of sp³-hybridized carbons (Fsp3) is 0.435. The summed E-state index contributed by atoms with van der Waals surface area (Å²) in [6.45, 7) is 4.29. The molecule has 140 valence electrons. The van der Waals surface area contributed by atoms with Crippen LogP contribution in [-0.2, 0) is 17.6 Å². The molecular formula is C23H31NO2. The molecule has 0 bridgehead atoms. The highest BCUT2D eigenvalue weighted by Crippen LogP contribution is 2.33. The van der Waals surface area contributed by atoms with Crippen molar-refractivity contribution in [2.45, 2.75) is 58.8 Å². The van der Waals surface area contributed by atoms with Crippen molar-refractivity contribution in [3.05, 3.63) is 65.2 Å². The Hall–Kier alpha value is -2.13. The fourth-order valence-corrected chi connectivity index (χ4v) is 3.51. The van der Waals surface area contributed by atoms with Crippen LogP contribution in [0.3, 0.4) is 0 Å². The first-order valence-corrected chi connectivity index (χ1v) is 9.68. The highest BCUT2D eigenvalue weighted by Gasteiger charge is 2.27. The van der Waals surface area contributed by atoms with E-state index in [9.17, 15) is 10.0 Å². The maximum Gasteiger partial charge on any atom is 0.126 e. The average molecular weight is 354 g/mol. The van der Waals surface area contributed by atoms with E-state index in [0.29, 0.717) is 5.69 Å². The number of nitrogens with one attached hydrogen (secondary N) is 1. The highest BCUT2D eigenvalue weighted by atomic mass is 16.5. The Morgan fingerprint density at radius 2 is 1.81 bits per heavy atom. The lowest BCUT2D eigenvalue weighted by Crippen LogP contribution is -2.23. The lowest BCUT2D eigenvalue weighted by molar-refractivity contribution is -0.117. The minimum atomic E-state index is -0.214. The molecule has 0 aromatic heterocycles. The molecule has 0 heterocycles. The van der Waals surface area contributed by atoms with Crippen molar-refractivity contribution in [2.24, 2.45) is 5.41 Å². The predicted molar refractivity (Wildman–Crippen MR) is 108 cm³/mol. The van der Waals surface area contributed by atoms with Gasteiger partial charge < -0.3 is 4.79 Å². The summed E-state index contributed by atoms with van der Waals surface area (Å²) >= 11 is 0. The van der Waals surface area contributed by atoms with E-state index in [1.807, 2.05) is 30.3 Å². The lowest BCUT2D eigenvalue weighted by atomic mass is 9.76. The van der Waals surface area contributed by atoms with Crippen molar-refractivity contribution in [1.29, 1.82) is 0 Å². The number of rotatable bonds is 11. The first-order valence-electron chi connectivity index (χ1n) is 9.68. The molecule has 2 rings (SSSR count). The van der Waals surface area contributed by atoms with Gasteiger partial charge in [-0.3, -0.25) is 10.7 Å². The Kier molecular flexibility index (Phi) is 7.86. The van der Waals surface area contributed by atoms with E-state index in [1.54, 1.807) is 0 Å². The summed E-state index contributed by atoms with van der Waals surface area (Å²) < 4.78 is 0. The molecule has 1 atom stereocenters. The minimum absolute atomic E-state index is 0.214. The fourth-order valence-electron chi connectivity index (χ4n) is 3.51. The molecule has 0 saturated carbocycles. The molecule has 0 aliphatic heterocycles. The molecule has 0 amide bonds. The molecule has 2 aromatic carbocycles. The largest absolute Gasteiger partial charge is 0.303 e. The van der Waals surface area contributed by atoms with Crippen LogP contribution in [0.4, 0.5) is 5.69 Å². The first-order chi connectivity index (χ1) is 12.7. The van der Waals surface area contributed by atoms with Gasteiger partial charge in [-0.05, 0) is 60.9 Å². The number of aldehydes is 1. The van der Waals surface area contributed by atoms with Crippen LogP contribution in [0.5, 0.6) is 0 Å². The van der Waals surface area contributed by atoms with Crippen molar-refractivity contribution in [1.82, 2.24) is 0 Å². The van der Waals surface area contributed by atoms with Crippen LogP contribution in [0, 0.1) is 5.41 Å². The van der Waals surface area contributed by atoms with Crippen LogP contribution in [0.25, 0.3) is 0 Å². The standard InChI is InChI=1S/C23H31NO2/c1-3-5-14-23(4-2,18-25)15-13-20-11-12-22(24-26)17-21(20)16-19-9-7-6-8-10-19/h6-12,17-18,24,26H,3-5,13-16H2,1-2H3. The zero-order chi connectivity index (χ0) is 18.8.